The van der Waals surface area contributed by atoms with Crippen molar-refractivity contribution < 1.29 is 0 Å². The van der Waals surface area contributed by atoms with Crippen LogP contribution in [0.25, 0.3) is 0 Å². The fourth-order valence-electron chi connectivity index (χ4n) is 2.67. The summed E-state index contributed by atoms with van der Waals surface area (Å²) in [7, 11) is 0. The van der Waals surface area contributed by atoms with Crippen molar-refractivity contribution in [1.82, 2.24) is 5.32 Å². The van der Waals surface area contributed by atoms with Crippen LogP contribution in [0.2, 0.25) is 0 Å². The molecule has 1 N–H and O–H groups in total. The first-order valence-electron chi connectivity index (χ1n) is 8.67. The number of unbranched alkanes of at least 4 members (excludes halogenated alkanes) is 2. The first-order chi connectivity index (χ1) is 10.1. The fraction of sp³-hybridized carbons (Fsp3) is 0.684. The van der Waals surface area contributed by atoms with Gasteiger partial charge in [0.1, 0.15) is 0 Å². The summed E-state index contributed by atoms with van der Waals surface area (Å²) in [4.78, 5) is 2.53. The van der Waals surface area contributed by atoms with Crippen LogP contribution in [0.15, 0.2) is 18.2 Å². The highest BCUT2D eigenvalue weighted by Gasteiger charge is 2.11. The molecule has 0 heterocycles. The second-order valence-corrected chi connectivity index (χ2v) is 6.28. The standard InChI is InChI=1S/C19H34N2/c1-6-8-9-13-21(16(3)4)19-11-10-18(17(5)14-19)15-20-12-7-2/h10-11,14,16,20H,6-9,12-13,15H2,1-5H3. The third kappa shape index (κ3) is 6.09. The van der Waals surface area contributed by atoms with Crippen molar-refractivity contribution >= 4 is 5.69 Å². The summed E-state index contributed by atoms with van der Waals surface area (Å²) >= 11 is 0. The Labute approximate surface area is 131 Å². The van der Waals surface area contributed by atoms with Crippen LogP contribution in [0, 0.1) is 6.92 Å². The van der Waals surface area contributed by atoms with E-state index in [-0.39, 0.29) is 0 Å². The van der Waals surface area contributed by atoms with Gasteiger partial charge >= 0.3 is 0 Å². The number of benzene rings is 1. The maximum Gasteiger partial charge on any atom is 0.0371 e. The number of aryl methyl sites for hydroxylation is 1. The smallest absolute Gasteiger partial charge is 0.0371 e. The van der Waals surface area contributed by atoms with Crippen LogP contribution in [0.3, 0.4) is 0 Å². The van der Waals surface area contributed by atoms with E-state index in [9.17, 15) is 0 Å². The van der Waals surface area contributed by atoms with E-state index in [0.29, 0.717) is 6.04 Å². The largest absolute Gasteiger partial charge is 0.369 e. The van der Waals surface area contributed by atoms with Crippen molar-refractivity contribution in [3.63, 3.8) is 0 Å². The molecule has 0 bridgehead atoms. The van der Waals surface area contributed by atoms with Gasteiger partial charge in [0.05, 0.1) is 0 Å². The Morgan fingerprint density at radius 1 is 1.10 bits per heavy atom. The fourth-order valence-corrected chi connectivity index (χ4v) is 2.67. The lowest BCUT2D eigenvalue weighted by Gasteiger charge is -2.30. The summed E-state index contributed by atoms with van der Waals surface area (Å²) in [6.45, 7) is 14.5. The molecule has 0 aliphatic carbocycles. The highest BCUT2D eigenvalue weighted by molar-refractivity contribution is 5.51. The predicted octanol–water partition coefficient (Wildman–Crippen LogP) is 4.90. The molecule has 21 heavy (non-hydrogen) atoms. The molecule has 1 aromatic rings. The zero-order valence-corrected chi connectivity index (χ0v) is 14.7. The molecule has 120 valence electrons. The highest BCUT2D eigenvalue weighted by atomic mass is 15.1. The van der Waals surface area contributed by atoms with Gasteiger partial charge in [-0.15, -0.1) is 0 Å². The minimum atomic E-state index is 0.560. The maximum atomic E-state index is 3.49. The number of nitrogens with zero attached hydrogens (tertiary/aromatic N) is 1. The van der Waals surface area contributed by atoms with Crippen molar-refractivity contribution in [2.24, 2.45) is 0 Å². The quantitative estimate of drug-likeness (QED) is 0.617. The van der Waals surface area contributed by atoms with Crippen LogP contribution < -0.4 is 10.2 Å². The van der Waals surface area contributed by atoms with Gasteiger partial charge in [-0.25, -0.2) is 0 Å². The van der Waals surface area contributed by atoms with E-state index in [0.717, 1.165) is 13.1 Å². The molecule has 0 fully saturated rings. The second kappa shape index (κ2) is 9.83. The Hall–Kier alpha value is -1.02. The number of nitrogens with one attached hydrogen (secondary N) is 1. The maximum absolute atomic E-state index is 3.49. The van der Waals surface area contributed by atoms with Crippen molar-refractivity contribution in [2.75, 3.05) is 18.0 Å². The lowest BCUT2D eigenvalue weighted by Crippen LogP contribution is -2.31. The van der Waals surface area contributed by atoms with Gasteiger partial charge in [-0.2, -0.15) is 0 Å². The Morgan fingerprint density at radius 3 is 2.43 bits per heavy atom. The number of rotatable bonds is 10. The van der Waals surface area contributed by atoms with Crippen LogP contribution >= 0.6 is 0 Å². The normalized spacial score (nSPS) is 11.1. The molecular formula is C19H34N2. The molecule has 0 aliphatic rings. The van der Waals surface area contributed by atoms with Gasteiger partial charge in [0.25, 0.3) is 0 Å². The second-order valence-electron chi connectivity index (χ2n) is 6.28. The molecule has 2 heteroatoms. The molecule has 2 nitrogen and oxygen atoms in total. The number of hydrogen-bond donors (Lipinski definition) is 1. The zero-order valence-electron chi connectivity index (χ0n) is 14.7. The van der Waals surface area contributed by atoms with E-state index in [1.807, 2.05) is 0 Å². The monoisotopic (exact) mass is 290 g/mol. The van der Waals surface area contributed by atoms with Crippen molar-refractivity contribution in [1.29, 1.82) is 0 Å². The van der Waals surface area contributed by atoms with Crippen LogP contribution in [-0.2, 0) is 6.54 Å². The summed E-state index contributed by atoms with van der Waals surface area (Å²) in [5, 5.41) is 3.49. The molecule has 0 amide bonds. The van der Waals surface area contributed by atoms with Gasteiger partial charge in [-0.1, -0.05) is 32.8 Å². The lowest BCUT2D eigenvalue weighted by molar-refractivity contribution is 0.625. The van der Waals surface area contributed by atoms with Gasteiger partial charge in [0.2, 0.25) is 0 Å². The Morgan fingerprint density at radius 2 is 1.86 bits per heavy atom. The summed E-state index contributed by atoms with van der Waals surface area (Å²) in [6.07, 6.45) is 5.08. The molecule has 1 aromatic carbocycles. The van der Waals surface area contributed by atoms with Crippen LogP contribution in [0.1, 0.15) is 64.5 Å². The molecule has 1 rings (SSSR count). The van der Waals surface area contributed by atoms with Gasteiger partial charge in [-0.3, -0.25) is 0 Å². The molecule has 0 aromatic heterocycles. The minimum absolute atomic E-state index is 0.560. The molecule has 0 atom stereocenters. The van der Waals surface area contributed by atoms with E-state index >= 15 is 0 Å². The SMILES string of the molecule is CCCCCN(c1ccc(CNCCC)c(C)c1)C(C)C. The lowest BCUT2D eigenvalue weighted by atomic mass is 10.1. The first kappa shape index (κ1) is 18.0. The average Bonchev–Trinajstić information content (AvgIpc) is 2.45. The minimum Gasteiger partial charge on any atom is -0.369 e. The van der Waals surface area contributed by atoms with Crippen molar-refractivity contribution in [3.05, 3.63) is 29.3 Å². The van der Waals surface area contributed by atoms with Crippen molar-refractivity contribution in [2.45, 2.75) is 72.9 Å². The van der Waals surface area contributed by atoms with Crippen LogP contribution in [-0.4, -0.2) is 19.1 Å². The molecule has 0 spiro atoms. The molecule has 0 radical (unpaired) electrons. The summed E-state index contributed by atoms with van der Waals surface area (Å²) in [5.74, 6) is 0. The predicted molar refractivity (Wildman–Crippen MR) is 95.2 cm³/mol. The third-order valence-corrected chi connectivity index (χ3v) is 4.03. The zero-order chi connectivity index (χ0) is 15.7. The Kier molecular flexibility index (Phi) is 8.44. The Balaban J connectivity index is 2.73. The van der Waals surface area contributed by atoms with E-state index in [4.69, 9.17) is 0 Å². The highest BCUT2D eigenvalue weighted by Crippen LogP contribution is 2.22. The average molecular weight is 290 g/mol. The molecule has 0 unspecified atom stereocenters. The third-order valence-electron chi connectivity index (χ3n) is 4.03. The number of hydrogen-bond acceptors (Lipinski definition) is 2. The van der Waals surface area contributed by atoms with Crippen LogP contribution in [0.5, 0.6) is 0 Å². The van der Waals surface area contributed by atoms with Crippen molar-refractivity contribution in [3.8, 4) is 0 Å². The van der Waals surface area contributed by atoms with Gasteiger partial charge < -0.3 is 10.2 Å². The van der Waals surface area contributed by atoms with Gasteiger partial charge in [0, 0.05) is 24.8 Å². The van der Waals surface area contributed by atoms with Crippen LogP contribution in [0.4, 0.5) is 5.69 Å². The molecule has 0 aliphatic heterocycles. The Bertz CT molecular complexity index is 399. The molecular weight excluding hydrogens is 256 g/mol. The number of anilines is 1. The summed E-state index contributed by atoms with van der Waals surface area (Å²) in [5.41, 5.74) is 4.19. The van der Waals surface area contributed by atoms with E-state index in [2.05, 4.69) is 63.0 Å². The van der Waals surface area contributed by atoms with E-state index in [1.54, 1.807) is 0 Å². The van der Waals surface area contributed by atoms with E-state index in [1.165, 1.54) is 49.0 Å². The molecule has 0 saturated heterocycles. The summed E-state index contributed by atoms with van der Waals surface area (Å²) < 4.78 is 0. The summed E-state index contributed by atoms with van der Waals surface area (Å²) in [6, 6.07) is 7.50. The van der Waals surface area contributed by atoms with E-state index < -0.39 is 0 Å². The van der Waals surface area contributed by atoms with Gasteiger partial charge in [-0.05, 0) is 63.4 Å². The topological polar surface area (TPSA) is 15.3 Å². The van der Waals surface area contributed by atoms with Gasteiger partial charge in [0.15, 0.2) is 0 Å². The first-order valence-corrected chi connectivity index (χ1v) is 8.67. The molecule has 0 saturated carbocycles.